The van der Waals surface area contributed by atoms with E-state index in [2.05, 4.69) is 41.7 Å². The lowest BCUT2D eigenvalue weighted by Gasteiger charge is -2.30. The number of carbonyl (C=O) groups excluding carboxylic acids is 1. The Morgan fingerprint density at radius 1 is 1.04 bits per heavy atom. The van der Waals surface area contributed by atoms with Crippen molar-refractivity contribution >= 4 is 5.97 Å². The van der Waals surface area contributed by atoms with Crippen LogP contribution in [0.3, 0.4) is 0 Å². The molecule has 2 aromatic rings. The minimum absolute atomic E-state index is 0.156. The number of benzene rings is 2. The molecule has 23 heavy (non-hydrogen) atoms. The third-order valence-electron chi connectivity index (χ3n) is 4.58. The van der Waals surface area contributed by atoms with E-state index in [0.29, 0.717) is 0 Å². The van der Waals surface area contributed by atoms with Crippen LogP contribution in [0.25, 0.3) is 11.1 Å². The Hall–Kier alpha value is -2.13. The molecule has 0 bridgehead atoms. The normalized spacial score (nSPS) is 19.1. The van der Waals surface area contributed by atoms with Crippen LogP contribution in [0.15, 0.2) is 54.6 Å². The van der Waals surface area contributed by atoms with Gasteiger partial charge in [0.2, 0.25) is 0 Å². The van der Waals surface area contributed by atoms with E-state index in [4.69, 9.17) is 4.74 Å². The molecule has 0 spiro atoms. The van der Waals surface area contributed by atoms with Crippen LogP contribution < -0.4 is 5.32 Å². The van der Waals surface area contributed by atoms with E-state index in [9.17, 15) is 4.79 Å². The van der Waals surface area contributed by atoms with Crippen molar-refractivity contribution < 1.29 is 9.53 Å². The number of hydrogen-bond donors (Lipinski definition) is 1. The van der Waals surface area contributed by atoms with Gasteiger partial charge in [0.05, 0.1) is 13.0 Å². The predicted molar refractivity (Wildman–Crippen MR) is 92.3 cm³/mol. The smallest absolute Gasteiger partial charge is 0.314 e. The highest BCUT2D eigenvalue weighted by molar-refractivity contribution is 5.79. The van der Waals surface area contributed by atoms with Crippen LogP contribution in [-0.2, 0) is 9.53 Å². The second-order valence-corrected chi connectivity index (χ2v) is 6.05. The van der Waals surface area contributed by atoms with Gasteiger partial charge in [0, 0.05) is 6.04 Å². The summed E-state index contributed by atoms with van der Waals surface area (Å²) >= 11 is 0. The lowest BCUT2D eigenvalue weighted by atomic mass is 9.86. The summed E-state index contributed by atoms with van der Waals surface area (Å²) in [6, 6.07) is 18.7. The lowest BCUT2D eigenvalue weighted by molar-refractivity contribution is -0.143. The highest BCUT2D eigenvalue weighted by Crippen LogP contribution is 2.28. The van der Waals surface area contributed by atoms with E-state index >= 15 is 0 Å². The SMILES string of the molecule is COC(=O)[C@@H](c1ccc(-c2ccccc2)cc1)C1CCCCN1. The molecule has 1 fully saturated rings. The molecule has 0 saturated carbocycles. The van der Waals surface area contributed by atoms with Crippen molar-refractivity contribution in [2.75, 3.05) is 13.7 Å². The van der Waals surface area contributed by atoms with Crippen LogP contribution in [0.1, 0.15) is 30.7 Å². The van der Waals surface area contributed by atoms with Crippen LogP contribution in [0.4, 0.5) is 0 Å². The Labute approximate surface area is 137 Å². The first kappa shape index (κ1) is 15.8. The standard InChI is InChI=1S/C20H23NO2/c1-23-20(22)19(18-9-5-6-14-21-18)17-12-10-16(11-13-17)15-7-3-2-4-8-15/h2-4,7-8,10-13,18-19,21H,5-6,9,14H2,1H3/t18?,19-/m0/s1. The van der Waals surface area contributed by atoms with Gasteiger partial charge in [0.15, 0.2) is 0 Å². The Morgan fingerprint density at radius 2 is 1.74 bits per heavy atom. The molecule has 120 valence electrons. The Bertz CT molecular complexity index is 630. The molecule has 0 amide bonds. The second kappa shape index (κ2) is 7.42. The van der Waals surface area contributed by atoms with E-state index in [1.165, 1.54) is 19.1 Å². The number of nitrogens with one attached hydrogen (secondary N) is 1. The molecule has 1 saturated heterocycles. The van der Waals surface area contributed by atoms with Gasteiger partial charge in [-0.25, -0.2) is 0 Å². The Morgan fingerprint density at radius 3 is 2.35 bits per heavy atom. The fourth-order valence-electron chi connectivity index (χ4n) is 3.34. The molecule has 1 N–H and O–H groups in total. The van der Waals surface area contributed by atoms with E-state index < -0.39 is 0 Å². The van der Waals surface area contributed by atoms with Crippen molar-refractivity contribution in [2.45, 2.75) is 31.2 Å². The van der Waals surface area contributed by atoms with Crippen molar-refractivity contribution in [3.05, 3.63) is 60.2 Å². The summed E-state index contributed by atoms with van der Waals surface area (Å²) in [5.41, 5.74) is 3.37. The summed E-state index contributed by atoms with van der Waals surface area (Å²) < 4.78 is 5.06. The largest absolute Gasteiger partial charge is 0.469 e. The average molecular weight is 309 g/mol. The summed E-state index contributed by atoms with van der Waals surface area (Å²) in [6.45, 7) is 0.972. The number of rotatable bonds is 4. The van der Waals surface area contributed by atoms with Gasteiger partial charge in [-0.3, -0.25) is 4.79 Å². The third kappa shape index (κ3) is 3.62. The molecule has 0 aromatic heterocycles. The van der Waals surface area contributed by atoms with Crippen LogP contribution in [0.5, 0.6) is 0 Å². The molecule has 1 heterocycles. The molecule has 2 atom stereocenters. The number of esters is 1. The third-order valence-corrected chi connectivity index (χ3v) is 4.58. The Balaban J connectivity index is 1.86. The quantitative estimate of drug-likeness (QED) is 0.874. The zero-order chi connectivity index (χ0) is 16.1. The summed E-state index contributed by atoms with van der Waals surface area (Å²) in [6.07, 6.45) is 3.35. The fourth-order valence-corrected chi connectivity index (χ4v) is 3.34. The van der Waals surface area contributed by atoms with E-state index in [-0.39, 0.29) is 17.9 Å². The maximum absolute atomic E-state index is 12.3. The van der Waals surface area contributed by atoms with Gasteiger partial charge >= 0.3 is 5.97 Å². The lowest BCUT2D eigenvalue weighted by Crippen LogP contribution is -2.42. The molecule has 1 aliphatic rings. The molecular weight excluding hydrogens is 286 g/mol. The van der Waals surface area contributed by atoms with E-state index in [0.717, 1.165) is 30.5 Å². The van der Waals surface area contributed by atoms with Crippen LogP contribution in [0.2, 0.25) is 0 Å². The molecule has 1 aliphatic heterocycles. The summed E-state index contributed by atoms with van der Waals surface area (Å²) in [7, 11) is 1.47. The van der Waals surface area contributed by atoms with Crippen LogP contribution >= 0.6 is 0 Å². The van der Waals surface area contributed by atoms with E-state index in [1.54, 1.807) is 0 Å². The van der Waals surface area contributed by atoms with Gasteiger partial charge in [-0.2, -0.15) is 0 Å². The van der Waals surface area contributed by atoms with Gasteiger partial charge < -0.3 is 10.1 Å². The topological polar surface area (TPSA) is 38.3 Å². The second-order valence-electron chi connectivity index (χ2n) is 6.05. The zero-order valence-electron chi connectivity index (χ0n) is 13.5. The summed E-state index contributed by atoms with van der Waals surface area (Å²) in [4.78, 5) is 12.3. The molecule has 3 heteroatoms. The van der Waals surface area contributed by atoms with Gasteiger partial charge in [0.1, 0.15) is 0 Å². The maximum Gasteiger partial charge on any atom is 0.314 e. The molecule has 2 aromatic carbocycles. The molecule has 1 unspecified atom stereocenters. The minimum Gasteiger partial charge on any atom is -0.469 e. The van der Waals surface area contributed by atoms with Crippen molar-refractivity contribution in [2.24, 2.45) is 0 Å². The first-order valence-electron chi connectivity index (χ1n) is 8.26. The van der Waals surface area contributed by atoms with E-state index in [1.807, 2.05) is 18.2 Å². The summed E-state index contributed by atoms with van der Waals surface area (Å²) in [5.74, 6) is -0.387. The number of hydrogen-bond acceptors (Lipinski definition) is 3. The molecular formula is C20H23NO2. The van der Waals surface area contributed by atoms with Gasteiger partial charge in [0.25, 0.3) is 0 Å². The average Bonchev–Trinajstić information content (AvgIpc) is 2.64. The number of methoxy groups -OCH3 is 1. The number of ether oxygens (including phenoxy) is 1. The molecule has 3 rings (SSSR count). The minimum atomic E-state index is -0.231. The van der Waals surface area contributed by atoms with Crippen molar-refractivity contribution in [3.8, 4) is 11.1 Å². The molecule has 0 radical (unpaired) electrons. The van der Waals surface area contributed by atoms with Gasteiger partial charge in [-0.1, -0.05) is 61.0 Å². The highest BCUT2D eigenvalue weighted by atomic mass is 16.5. The number of carbonyl (C=O) groups is 1. The monoisotopic (exact) mass is 309 g/mol. The van der Waals surface area contributed by atoms with Gasteiger partial charge in [-0.05, 0) is 36.1 Å². The zero-order valence-corrected chi connectivity index (χ0v) is 13.5. The van der Waals surface area contributed by atoms with Crippen molar-refractivity contribution in [3.63, 3.8) is 0 Å². The van der Waals surface area contributed by atoms with Crippen LogP contribution in [-0.4, -0.2) is 25.7 Å². The van der Waals surface area contributed by atoms with Crippen LogP contribution in [0, 0.1) is 0 Å². The highest BCUT2D eigenvalue weighted by Gasteiger charge is 2.31. The Kier molecular flexibility index (Phi) is 5.09. The van der Waals surface area contributed by atoms with Crippen molar-refractivity contribution in [1.82, 2.24) is 5.32 Å². The first-order chi connectivity index (χ1) is 11.3. The molecule has 3 nitrogen and oxygen atoms in total. The number of piperidine rings is 1. The molecule has 0 aliphatic carbocycles. The predicted octanol–water partition coefficient (Wildman–Crippen LogP) is 3.75. The first-order valence-corrected chi connectivity index (χ1v) is 8.26. The van der Waals surface area contributed by atoms with Crippen molar-refractivity contribution in [1.29, 1.82) is 0 Å². The van der Waals surface area contributed by atoms with Gasteiger partial charge in [-0.15, -0.1) is 0 Å². The fraction of sp³-hybridized carbons (Fsp3) is 0.350. The summed E-state index contributed by atoms with van der Waals surface area (Å²) in [5, 5.41) is 3.48. The maximum atomic E-state index is 12.3.